The Morgan fingerprint density at radius 1 is 1.40 bits per heavy atom. The summed E-state index contributed by atoms with van der Waals surface area (Å²) in [5.74, 6) is -0.768. The molecule has 20 heavy (non-hydrogen) atoms. The molecule has 0 spiro atoms. The van der Waals surface area contributed by atoms with E-state index in [1.165, 1.54) is 11.1 Å². The zero-order valence-corrected chi connectivity index (χ0v) is 12.2. The van der Waals surface area contributed by atoms with Crippen molar-refractivity contribution >= 4 is 5.97 Å². The molecule has 0 bridgehead atoms. The molecule has 0 saturated carbocycles. The number of carboxylic acids is 1. The highest BCUT2D eigenvalue weighted by molar-refractivity contribution is 5.69. The molecule has 1 saturated heterocycles. The zero-order chi connectivity index (χ0) is 14.5. The minimum Gasteiger partial charge on any atom is -0.480 e. The van der Waals surface area contributed by atoms with Crippen LogP contribution >= 0.6 is 0 Å². The minimum atomic E-state index is -0.768. The summed E-state index contributed by atoms with van der Waals surface area (Å²) in [5, 5.41) is 9.06. The van der Waals surface area contributed by atoms with E-state index in [4.69, 9.17) is 9.84 Å². The highest BCUT2D eigenvalue weighted by Gasteiger charge is 2.32. The maximum Gasteiger partial charge on any atom is 0.317 e. The normalized spacial score (nSPS) is 23.7. The number of hydrogen-bond acceptors (Lipinski definition) is 3. The van der Waals surface area contributed by atoms with Gasteiger partial charge in [0.2, 0.25) is 0 Å². The van der Waals surface area contributed by atoms with Gasteiger partial charge >= 0.3 is 5.97 Å². The number of aliphatic carboxylic acids is 1. The predicted octanol–water partition coefficient (Wildman–Crippen LogP) is 2.10. The molecule has 1 fully saturated rings. The van der Waals surface area contributed by atoms with Crippen molar-refractivity contribution in [1.29, 1.82) is 0 Å². The van der Waals surface area contributed by atoms with Crippen LogP contribution in [0.4, 0.5) is 0 Å². The Bertz CT molecular complexity index is 444. The Hall–Kier alpha value is -1.39. The summed E-state index contributed by atoms with van der Waals surface area (Å²) in [7, 11) is 1.72. The molecule has 0 aromatic heterocycles. The lowest BCUT2D eigenvalue weighted by molar-refractivity contribution is -0.140. The summed E-state index contributed by atoms with van der Waals surface area (Å²) < 4.78 is 5.58. The highest BCUT2D eigenvalue weighted by Crippen LogP contribution is 2.23. The van der Waals surface area contributed by atoms with E-state index in [1.54, 1.807) is 7.11 Å². The summed E-state index contributed by atoms with van der Waals surface area (Å²) in [4.78, 5) is 13.1. The van der Waals surface area contributed by atoms with Crippen molar-refractivity contribution in [3.63, 3.8) is 0 Å². The third-order valence-electron chi connectivity index (χ3n) is 4.04. The van der Waals surface area contributed by atoms with Crippen molar-refractivity contribution in [2.75, 3.05) is 20.2 Å². The molecule has 110 valence electrons. The summed E-state index contributed by atoms with van der Waals surface area (Å²) in [6.07, 6.45) is 2.95. The first kappa shape index (κ1) is 15.0. The topological polar surface area (TPSA) is 49.8 Å². The fourth-order valence-corrected chi connectivity index (χ4v) is 2.96. The van der Waals surface area contributed by atoms with Crippen LogP contribution in [-0.2, 0) is 16.0 Å². The van der Waals surface area contributed by atoms with Gasteiger partial charge in [-0.25, -0.2) is 0 Å². The van der Waals surface area contributed by atoms with E-state index in [0.717, 1.165) is 25.8 Å². The molecule has 1 aliphatic heterocycles. The van der Waals surface area contributed by atoms with Gasteiger partial charge in [0.15, 0.2) is 0 Å². The van der Waals surface area contributed by atoms with Gasteiger partial charge in [-0.3, -0.25) is 9.69 Å². The van der Waals surface area contributed by atoms with E-state index in [0.29, 0.717) is 0 Å². The smallest absolute Gasteiger partial charge is 0.317 e. The Kier molecular flexibility index (Phi) is 5.15. The molecule has 0 aliphatic carbocycles. The molecule has 1 aromatic carbocycles. The largest absolute Gasteiger partial charge is 0.480 e. The van der Waals surface area contributed by atoms with Crippen LogP contribution < -0.4 is 0 Å². The van der Waals surface area contributed by atoms with E-state index in [2.05, 4.69) is 31.2 Å². The van der Waals surface area contributed by atoms with Gasteiger partial charge < -0.3 is 9.84 Å². The third-order valence-corrected chi connectivity index (χ3v) is 4.04. The molecule has 4 heteroatoms. The Labute approximate surface area is 120 Å². The first-order valence-corrected chi connectivity index (χ1v) is 7.14. The number of ether oxygens (including phenoxy) is 1. The molecule has 1 aliphatic rings. The third kappa shape index (κ3) is 3.81. The molecule has 1 N–H and O–H groups in total. The molecular formula is C16H23NO3. The fourth-order valence-electron chi connectivity index (χ4n) is 2.96. The molecular weight excluding hydrogens is 254 g/mol. The molecule has 2 rings (SSSR count). The van der Waals surface area contributed by atoms with Gasteiger partial charge in [0.1, 0.15) is 0 Å². The number of carboxylic acid groups (broad SMARTS) is 1. The maximum atomic E-state index is 11.0. The molecule has 0 radical (unpaired) electrons. The number of nitrogens with zero attached hydrogens (tertiary/aromatic N) is 1. The Balaban J connectivity index is 2.12. The first-order chi connectivity index (χ1) is 9.60. The first-order valence-electron chi connectivity index (χ1n) is 7.14. The van der Waals surface area contributed by atoms with Crippen LogP contribution in [0.1, 0.15) is 24.0 Å². The average molecular weight is 277 g/mol. The van der Waals surface area contributed by atoms with Crippen LogP contribution in [0.2, 0.25) is 0 Å². The number of rotatable bonds is 5. The van der Waals surface area contributed by atoms with Crippen molar-refractivity contribution in [3.05, 3.63) is 35.4 Å². The number of methoxy groups -OCH3 is 1. The maximum absolute atomic E-state index is 11.0. The van der Waals surface area contributed by atoms with Gasteiger partial charge in [-0.1, -0.05) is 29.8 Å². The zero-order valence-electron chi connectivity index (χ0n) is 12.2. The lowest BCUT2D eigenvalue weighted by Crippen LogP contribution is -2.51. The molecule has 2 atom stereocenters. The van der Waals surface area contributed by atoms with Crippen LogP contribution in [0.15, 0.2) is 24.3 Å². The average Bonchev–Trinajstić information content (AvgIpc) is 2.42. The molecule has 0 amide bonds. The van der Waals surface area contributed by atoms with Gasteiger partial charge in [0, 0.05) is 13.2 Å². The highest BCUT2D eigenvalue weighted by atomic mass is 16.5. The number of benzene rings is 1. The van der Waals surface area contributed by atoms with Crippen LogP contribution in [0.25, 0.3) is 0 Å². The minimum absolute atomic E-state index is 0.0936. The second-order valence-corrected chi connectivity index (χ2v) is 5.54. The lowest BCUT2D eigenvalue weighted by Gasteiger charge is -2.40. The number of hydrogen-bond donors (Lipinski definition) is 1. The van der Waals surface area contributed by atoms with Gasteiger partial charge in [0.05, 0.1) is 12.6 Å². The summed E-state index contributed by atoms with van der Waals surface area (Å²) in [6, 6.07) is 8.58. The van der Waals surface area contributed by atoms with Crippen molar-refractivity contribution in [2.45, 2.75) is 38.3 Å². The van der Waals surface area contributed by atoms with Crippen LogP contribution in [0, 0.1) is 6.92 Å². The second kappa shape index (κ2) is 6.86. The van der Waals surface area contributed by atoms with Gasteiger partial charge in [-0.15, -0.1) is 0 Å². The number of piperidine rings is 1. The summed E-state index contributed by atoms with van der Waals surface area (Å²) in [5.41, 5.74) is 2.48. The van der Waals surface area contributed by atoms with E-state index in [1.807, 2.05) is 4.90 Å². The van der Waals surface area contributed by atoms with Crippen LogP contribution in [-0.4, -0.2) is 48.3 Å². The number of aryl methyl sites for hydroxylation is 1. The van der Waals surface area contributed by atoms with E-state index in [9.17, 15) is 4.79 Å². The molecule has 1 aromatic rings. The van der Waals surface area contributed by atoms with Gasteiger partial charge in [0.25, 0.3) is 0 Å². The van der Waals surface area contributed by atoms with E-state index in [-0.39, 0.29) is 18.7 Å². The lowest BCUT2D eigenvalue weighted by atomic mass is 9.92. The Morgan fingerprint density at radius 2 is 2.10 bits per heavy atom. The standard InChI is InChI=1S/C16H23NO3/c1-12-5-7-13(8-6-12)10-14-15(20-2)4-3-9-17(14)11-16(18)19/h5-8,14-15H,3-4,9-11H2,1-2H3,(H,18,19)/t14-,15-/m0/s1. The predicted molar refractivity (Wildman–Crippen MR) is 77.9 cm³/mol. The monoisotopic (exact) mass is 277 g/mol. The van der Waals surface area contributed by atoms with Crippen molar-refractivity contribution in [3.8, 4) is 0 Å². The van der Waals surface area contributed by atoms with Crippen LogP contribution in [0.5, 0.6) is 0 Å². The van der Waals surface area contributed by atoms with Crippen LogP contribution in [0.3, 0.4) is 0 Å². The summed E-state index contributed by atoms with van der Waals surface area (Å²) >= 11 is 0. The quantitative estimate of drug-likeness (QED) is 0.895. The van der Waals surface area contributed by atoms with E-state index < -0.39 is 5.97 Å². The van der Waals surface area contributed by atoms with E-state index >= 15 is 0 Å². The fraction of sp³-hybridized carbons (Fsp3) is 0.562. The van der Waals surface area contributed by atoms with Gasteiger partial charge in [-0.05, 0) is 38.3 Å². The molecule has 0 unspecified atom stereocenters. The number of likely N-dealkylation sites (tertiary alicyclic amines) is 1. The van der Waals surface area contributed by atoms with Crippen molar-refractivity contribution < 1.29 is 14.6 Å². The SMILES string of the molecule is CO[C@H]1CCCN(CC(=O)O)[C@H]1Cc1ccc(C)cc1. The number of carbonyl (C=O) groups is 1. The van der Waals surface area contributed by atoms with Crippen molar-refractivity contribution in [2.24, 2.45) is 0 Å². The van der Waals surface area contributed by atoms with Gasteiger partial charge in [-0.2, -0.15) is 0 Å². The van der Waals surface area contributed by atoms with Crippen molar-refractivity contribution in [1.82, 2.24) is 4.90 Å². The molecule has 1 heterocycles. The Morgan fingerprint density at radius 3 is 2.70 bits per heavy atom. The second-order valence-electron chi connectivity index (χ2n) is 5.54. The molecule has 4 nitrogen and oxygen atoms in total. The summed E-state index contributed by atoms with van der Waals surface area (Å²) in [6.45, 7) is 3.00.